The van der Waals surface area contributed by atoms with Crippen LogP contribution in [-0.4, -0.2) is 5.91 Å². The molecule has 0 atom stereocenters. The maximum Gasteiger partial charge on any atom is 0.251 e. The van der Waals surface area contributed by atoms with Crippen LogP contribution < -0.4 is 5.32 Å². The average Bonchev–Trinajstić information content (AvgIpc) is 2.75. The van der Waals surface area contributed by atoms with Crippen LogP contribution in [-0.2, 0) is 6.54 Å². The number of halogens is 2. The first-order valence-corrected chi connectivity index (χ1v) is 6.14. The number of benzene rings is 1. The Bertz CT molecular complexity index is 580. The molecule has 0 radical (unpaired) electrons. The van der Waals surface area contributed by atoms with Gasteiger partial charge in [-0.15, -0.1) is 0 Å². The van der Waals surface area contributed by atoms with Crippen LogP contribution in [0.3, 0.4) is 0 Å². The largest absolute Gasteiger partial charge is 0.465 e. The second kappa shape index (κ2) is 5.35. The highest BCUT2D eigenvalue weighted by Crippen LogP contribution is 2.16. The maximum absolute atomic E-state index is 13.0. The molecule has 0 saturated heterocycles. The molecule has 5 heteroatoms. The highest BCUT2D eigenvalue weighted by atomic mass is 79.9. The molecule has 3 nitrogen and oxygen atoms in total. The van der Waals surface area contributed by atoms with E-state index in [1.54, 1.807) is 6.07 Å². The third kappa shape index (κ3) is 2.98. The third-order valence-electron chi connectivity index (χ3n) is 2.40. The molecule has 1 aromatic carbocycles. The van der Waals surface area contributed by atoms with E-state index in [1.807, 2.05) is 13.0 Å². The van der Waals surface area contributed by atoms with Gasteiger partial charge in [-0.1, -0.05) is 0 Å². The van der Waals surface area contributed by atoms with Gasteiger partial charge in [0.2, 0.25) is 0 Å². The number of carbonyl (C=O) groups excluding carboxylic acids is 1. The van der Waals surface area contributed by atoms with Gasteiger partial charge in [0.1, 0.15) is 17.3 Å². The number of furan rings is 1. The summed E-state index contributed by atoms with van der Waals surface area (Å²) >= 11 is 3.04. The minimum atomic E-state index is -0.395. The summed E-state index contributed by atoms with van der Waals surface area (Å²) in [6.45, 7) is 2.14. The molecule has 18 heavy (non-hydrogen) atoms. The molecule has 0 saturated carbocycles. The lowest BCUT2D eigenvalue weighted by Crippen LogP contribution is -2.22. The summed E-state index contributed by atoms with van der Waals surface area (Å²) in [6, 6.07) is 7.75. The Morgan fingerprint density at radius 3 is 2.78 bits per heavy atom. The number of hydrogen-bond donors (Lipinski definition) is 1. The van der Waals surface area contributed by atoms with Crippen molar-refractivity contribution in [2.45, 2.75) is 13.5 Å². The van der Waals surface area contributed by atoms with Gasteiger partial charge in [0.15, 0.2) is 0 Å². The van der Waals surface area contributed by atoms with Gasteiger partial charge in [-0.05, 0) is 53.2 Å². The molecule has 0 aliphatic heterocycles. The molecule has 0 fully saturated rings. The highest BCUT2D eigenvalue weighted by Gasteiger charge is 2.09. The van der Waals surface area contributed by atoms with Gasteiger partial charge in [-0.2, -0.15) is 0 Å². The van der Waals surface area contributed by atoms with Gasteiger partial charge in [-0.3, -0.25) is 4.79 Å². The van der Waals surface area contributed by atoms with Crippen LogP contribution in [0.2, 0.25) is 0 Å². The molecule has 1 amide bonds. The van der Waals surface area contributed by atoms with Crippen molar-refractivity contribution in [1.29, 1.82) is 0 Å². The van der Waals surface area contributed by atoms with Crippen LogP contribution in [0.25, 0.3) is 0 Å². The summed E-state index contributed by atoms with van der Waals surface area (Å²) < 4.78 is 18.6. The van der Waals surface area contributed by atoms with Crippen molar-refractivity contribution >= 4 is 21.8 Å². The predicted octanol–water partition coefficient (Wildman–Crippen LogP) is 3.42. The zero-order chi connectivity index (χ0) is 13.1. The fraction of sp³-hybridized carbons (Fsp3) is 0.154. The number of nitrogens with one attached hydrogen (secondary N) is 1. The summed E-state index contributed by atoms with van der Waals surface area (Å²) in [5.74, 6) is 0.809. The lowest BCUT2D eigenvalue weighted by Gasteiger charge is -2.04. The summed E-state index contributed by atoms with van der Waals surface area (Å²) in [5.41, 5.74) is 0.395. The molecular weight excluding hydrogens is 301 g/mol. The van der Waals surface area contributed by atoms with E-state index in [0.717, 1.165) is 5.76 Å². The number of carbonyl (C=O) groups is 1. The predicted molar refractivity (Wildman–Crippen MR) is 68.7 cm³/mol. The fourth-order valence-electron chi connectivity index (χ4n) is 1.49. The van der Waals surface area contributed by atoms with E-state index in [1.165, 1.54) is 18.2 Å². The van der Waals surface area contributed by atoms with Gasteiger partial charge in [0.25, 0.3) is 5.91 Å². The molecule has 1 heterocycles. The smallest absolute Gasteiger partial charge is 0.251 e. The van der Waals surface area contributed by atoms with Crippen molar-refractivity contribution in [2.75, 3.05) is 0 Å². The number of rotatable bonds is 3. The lowest BCUT2D eigenvalue weighted by molar-refractivity contribution is 0.0947. The summed E-state index contributed by atoms with van der Waals surface area (Å²) in [4.78, 5) is 11.8. The van der Waals surface area contributed by atoms with Crippen molar-refractivity contribution in [3.63, 3.8) is 0 Å². The first-order chi connectivity index (χ1) is 8.56. The Kier molecular flexibility index (Phi) is 3.81. The van der Waals surface area contributed by atoms with E-state index in [9.17, 15) is 9.18 Å². The van der Waals surface area contributed by atoms with E-state index in [2.05, 4.69) is 21.2 Å². The van der Waals surface area contributed by atoms with Crippen LogP contribution in [0.15, 0.2) is 39.2 Å². The molecule has 94 valence electrons. The Hall–Kier alpha value is -1.62. The molecule has 0 spiro atoms. The molecule has 0 unspecified atom stereocenters. The Morgan fingerprint density at radius 2 is 2.17 bits per heavy atom. The summed E-state index contributed by atoms with van der Waals surface area (Å²) in [6.07, 6.45) is 0. The molecule has 1 N–H and O–H groups in total. The summed E-state index contributed by atoms with van der Waals surface area (Å²) in [7, 11) is 0. The van der Waals surface area contributed by atoms with Crippen LogP contribution in [0.5, 0.6) is 0 Å². The van der Waals surface area contributed by atoms with Crippen molar-refractivity contribution in [3.05, 3.63) is 57.7 Å². The minimum Gasteiger partial charge on any atom is -0.465 e. The van der Waals surface area contributed by atoms with Crippen LogP contribution in [0.4, 0.5) is 4.39 Å². The van der Waals surface area contributed by atoms with Gasteiger partial charge in [0, 0.05) is 5.56 Å². The topological polar surface area (TPSA) is 42.2 Å². The molecule has 0 aliphatic rings. The normalized spacial score (nSPS) is 10.4. The standard InChI is InChI=1S/C13H11BrFNO2/c1-8-2-4-10(18-8)7-16-13(17)9-3-5-12(15)11(14)6-9/h2-6H,7H2,1H3,(H,16,17). The quantitative estimate of drug-likeness (QED) is 0.943. The molecule has 2 rings (SSSR count). The van der Waals surface area contributed by atoms with Gasteiger partial charge in [0.05, 0.1) is 11.0 Å². The first-order valence-electron chi connectivity index (χ1n) is 5.35. The fourth-order valence-corrected chi connectivity index (χ4v) is 1.87. The Labute approximate surface area is 112 Å². The second-order valence-electron chi connectivity index (χ2n) is 3.82. The average molecular weight is 312 g/mol. The highest BCUT2D eigenvalue weighted by molar-refractivity contribution is 9.10. The second-order valence-corrected chi connectivity index (χ2v) is 4.68. The van der Waals surface area contributed by atoms with Gasteiger partial charge < -0.3 is 9.73 Å². The molecular formula is C13H11BrFNO2. The van der Waals surface area contributed by atoms with Gasteiger partial charge in [-0.25, -0.2) is 4.39 Å². The van der Waals surface area contributed by atoms with Crippen LogP contribution in [0.1, 0.15) is 21.9 Å². The Balaban J connectivity index is 2.01. The minimum absolute atomic E-state index is 0.268. The Morgan fingerprint density at radius 1 is 1.39 bits per heavy atom. The van der Waals surface area contributed by atoms with E-state index in [-0.39, 0.29) is 10.4 Å². The lowest BCUT2D eigenvalue weighted by atomic mass is 10.2. The zero-order valence-electron chi connectivity index (χ0n) is 9.67. The molecule has 1 aromatic heterocycles. The van der Waals surface area contributed by atoms with E-state index in [0.29, 0.717) is 17.9 Å². The number of amides is 1. The van der Waals surface area contributed by atoms with Crippen molar-refractivity contribution in [3.8, 4) is 0 Å². The summed E-state index contributed by atoms with van der Waals surface area (Å²) in [5, 5.41) is 2.70. The van der Waals surface area contributed by atoms with E-state index >= 15 is 0 Å². The molecule has 0 bridgehead atoms. The van der Waals surface area contributed by atoms with Crippen molar-refractivity contribution < 1.29 is 13.6 Å². The van der Waals surface area contributed by atoms with E-state index < -0.39 is 5.82 Å². The first kappa shape index (κ1) is 12.8. The molecule has 2 aromatic rings. The van der Waals surface area contributed by atoms with Crippen LogP contribution in [0, 0.1) is 12.7 Å². The van der Waals surface area contributed by atoms with Gasteiger partial charge >= 0.3 is 0 Å². The zero-order valence-corrected chi connectivity index (χ0v) is 11.3. The maximum atomic E-state index is 13.0. The number of hydrogen-bond acceptors (Lipinski definition) is 2. The van der Waals surface area contributed by atoms with Crippen molar-refractivity contribution in [2.24, 2.45) is 0 Å². The molecule has 0 aliphatic carbocycles. The monoisotopic (exact) mass is 311 g/mol. The SMILES string of the molecule is Cc1ccc(CNC(=O)c2ccc(F)c(Br)c2)o1. The third-order valence-corrected chi connectivity index (χ3v) is 3.01. The van der Waals surface area contributed by atoms with Crippen molar-refractivity contribution in [1.82, 2.24) is 5.32 Å². The van der Waals surface area contributed by atoms with Crippen LogP contribution >= 0.6 is 15.9 Å². The van der Waals surface area contributed by atoms with E-state index in [4.69, 9.17) is 4.42 Å². The number of aryl methyl sites for hydroxylation is 1.